The number of carboxylic acid groups (broad SMARTS) is 2. The number of nitrogens with zero attached hydrogens (tertiary/aromatic N) is 4. The summed E-state index contributed by atoms with van der Waals surface area (Å²) in [5.74, 6) is -1.43. The summed E-state index contributed by atoms with van der Waals surface area (Å²) in [6, 6.07) is 9.84. The Kier molecular flexibility index (Phi) is 7.23. The minimum atomic E-state index is -1.09. The third-order valence-electron chi connectivity index (χ3n) is 6.12. The molecule has 1 saturated carbocycles. The van der Waals surface area contributed by atoms with E-state index >= 15 is 0 Å². The molecule has 2 aromatic rings. The topological polar surface area (TPSA) is 153 Å². The molecule has 3 N–H and O–H groups in total. The van der Waals surface area contributed by atoms with E-state index in [0.717, 1.165) is 24.1 Å². The van der Waals surface area contributed by atoms with Crippen molar-refractivity contribution in [3.8, 4) is 11.4 Å². The highest BCUT2D eigenvalue weighted by Crippen LogP contribution is 2.39. The van der Waals surface area contributed by atoms with Gasteiger partial charge in [-0.3, -0.25) is 14.4 Å². The number of hydrogen-bond donors (Lipinski definition) is 3. The fraction of sp³-hybridized carbons (Fsp3) is 0.417. The van der Waals surface area contributed by atoms with Crippen molar-refractivity contribution in [2.75, 3.05) is 26.2 Å². The van der Waals surface area contributed by atoms with Crippen molar-refractivity contribution in [3.63, 3.8) is 0 Å². The molecule has 35 heavy (non-hydrogen) atoms. The molecular weight excluding hydrogens is 454 g/mol. The van der Waals surface area contributed by atoms with Crippen LogP contribution in [0.1, 0.15) is 47.8 Å². The van der Waals surface area contributed by atoms with Crippen LogP contribution in [0.15, 0.2) is 36.4 Å². The molecule has 0 radical (unpaired) electrons. The van der Waals surface area contributed by atoms with Gasteiger partial charge in [-0.05, 0) is 25.3 Å². The minimum Gasteiger partial charge on any atom is -0.481 e. The van der Waals surface area contributed by atoms with Crippen LogP contribution in [0.5, 0.6) is 0 Å². The normalized spacial score (nSPS) is 16.5. The quantitative estimate of drug-likeness (QED) is 0.516. The van der Waals surface area contributed by atoms with Crippen LogP contribution in [-0.4, -0.2) is 86.1 Å². The Morgan fingerprint density at radius 1 is 0.971 bits per heavy atom. The highest BCUT2D eigenvalue weighted by atomic mass is 16.4. The number of carboxylic acids is 1. The molecule has 2 heterocycles. The smallest absolute Gasteiger partial charge is 0.407 e. The lowest BCUT2D eigenvalue weighted by Crippen LogP contribution is -2.55. The van der Waals surface area contributed by atoms with Crippen molar-refractivity contribution in [2.24, 2.45) is 0 Å². The number of nitrogens with one attached hydrogen (secondary N) is 1. The SMILES string of the molecule is O=C(O)CC[C@H](NC(=O)c1cc(C2CC2)nc(-c2ccccc2)n1)C(=O)N1CCN(C(=O)O)CC1. The monoisotopic (exact) mass is 481 g/mol. The van der Waals surface area contributed by atoms with Gasteiger partial charge in [0.1, 0.15) is 11.7 Å². The summed E-state index contributed by atoms with van der Waals surface area (Å²) in [5, 5.41) is 20.9. The Morgan fingerprint density at radius 3 is 2.23 bits per heavy atom. The third-order valence-corrected chi connectivity index (χ3v) is 6.12. The number of carbonyl (C=O) groups excluding carboxylic acids is 2. The van der Waals surface area contributed by atoms with E-state index in [1.807, 2.05) is 30.3 Å². The lowest BCUT2D eigenvalue weighted by Gasteiger charge is -2.35. The van der Waals surface area contributed by atoms with E-state index in [-0.39, 0.29) is 50.6 Å². The van der Waals surface area contributed by atoms with Crippen molar-refractivity contribution in [1.82, 2.24) is 25.1 Å². The second-order valence-electron chi connectivity index (χ2n) is 8.70. The molecule has 0 spiro atoms. The third kappa shape index (κ3) is 6.11. The number of aromatic nitrogens is 2. The number of rotatable bonds is 8. The van der Waals surface area contributed by atoms with E-state index < -0.39 is 29.9 Å². The van der Waals surface area contributed by atoms with Crippen LogP contribution in [-0.2, 0) is 9.59 Å². The molecule has 2 aliphatic rings. The second kappa shape index (κ2) is 10.5. The molecule has 1 atom stereocenters. The fourth-order valence-electron chi connectivity index (χ4n) is 3.98. The number of hydrogen-bond acceptors (Lipinski definition) is 6. The molecule has 1 aromatic heterocycles. The van der Waals surface area contributed by atoms with Gasteiger partial charge in [0, 0.05) is 49.8 Å². The molecule has 1 aliphatic heterocycles. The van der Waals surface area contributed by atoms with E-state index in [4.69, 9.17) is 10.2 Å². The molecule has 1 saturated heterocycles. The average molecular weight is 482 g/mol. The molecule has 0 unspecified atom stereocenters. The van der Waals surface area contributed by atoms with Crippen molar-refractivity contribution >= 4 is 23.9 Å². The summed E-state index contributed by atoms with van der Waals surface area (Å²) in [6.45, 7) is 0.639. The molecular formula is C24H27N5O6. The van der Waals surface area contributed by atoms with E-state index in [1.165, 1.54) is 9.80 Å². The largest absolute Gasteiger partial charge is 0.481 e. The number of aliphatic carboxylic acids is 1. The molecule has 4 rings (SSSR count). The van der Waals surface area contributed by atoms with Crippen LogP contribution in [0.3, 0.4) is 0 Å². The molecule has 0 bridgehead atoms. The Labute approximate surface area is 201 Å². The van der Waals surface area contributed by atoms with E-state index in [9.17, 15) is 19.2 Å². The fourth-order valence-corrected chi connectivity index (χ4v) is 3.98. The molecule has 1 aliphatic carbocycles. The van der Waals surface area contributed by atoms with E-state index in [2.05, 4.69) is 15.3 Å². The van der Waals surface area contributed by atoms with E-state index in [1.54, 1.807) is 6.07 Å². The van der Waals surface area contributed by atoms with Crippen molar-refractivity contribution in [2.45, 2.75) is 37.6 Å². The predicted octanol–water partition coefficient (Wildman–Crippen LogP) is 1.81. The summed E-state index contributed by atoms with van der Waals surface area (Å²) in [6.07, 6.45) is 0.503. The Balaban J connectivity index is 1.53. The number of benzene rings is 1. The van der Waals surface area contributed by atoms with Crippen LogP contribution in [0.4, 0.5) is 4.79 Å². The summed E-state index contributed by atoms with van der Waals surface area (Å²) in [4.78, 5) is 60.4. The second-order valence-corrected chi connectivity index (χ2v) is 8.70. The first-order chi connectivity index (χ1) is 16.8. The molecule has 3 amide bonds. The number of amides is 3. The number of carbonyl (C=O) groups is 4. The average Bonchev–Trinajstić information content (AvgIpc) is 3.72. The van der Waals surface area contributed by atoms with Crippen LogP contribution in [0, 0.1) is 0 Å². The van der Waals surface area contributed by atoms with Gasteiger partial charge in [-0.1, -0.05) is 30.3 Å². The Morgan fingerprint density at radius 2 is 1.63 bits per heavy atom. The summed E-state index contributed by atoms with van der Waals surface area (Å²) in [7, 11) is 0. The summed E-state index contributed by atoms with van der Waals surface area (Å²) >= 11 is 0. The van der Waals surface area contributed by atoms with Gasteiger partial charge in [0.2, 0.25) is 5.91 Å². The number of piperazine rings is 1. The van der Waals surface area contributed by atoms with Crippen molar-refractivity contribution in [1.29, 1.82) is 0 Å². The predicted molar refractivity (Wildman–Crippen MR) is 124 cm³/mol. The zero-order valence-corrected chi connectivity index (χ0v) is 19.1. The molecule has 2 fully saturated rings. The van der Waals surface area contributed by atoms with Gasteiger partial charge < -0.3 is 25.3 Å². The van der Waals surface area contributed by atoms with Gasteiger partial charge in [-0.2, -0.15) is 0 Å². The van der Waals surface area contributed by atoms with Crippen LogP contribution in [0.25, 0.3) is 11.4 Å². The zero-order chi connectivity index (χ0) is 24.9. The van der Waals surface area contributed by atoms with Crippen LogP contribution in [0.2, 0.25) is 0 Å². The van der Waals surface area contributed by atoms with Gasteiger partial charge in [0.05, 0.1) is 0 Å². The Bertz CT molecular complexity index is 1110. The van der Waals surface area contributed by atoms with Crippen LogP contribution < -0.4 is 5.32 Å². The summed E-state index contributed by atoms with van der Waals surface area (Å²) < 4.78 is 0. The Hall–Kier alpha value is -4.02. The maximum absolute atomic E-state index is 13.2. The lowest BCUT2D eigenvalue weighted by atomic mass is 10.1. The maximum Gasteiger partial charge on any atom is 0.407 e. The van der Waals surface area contributed by atoms with Gasteiger partial charge in [-0.15, -0.1) is 0 Å². The minimum absolute atomic E-state index is 0.0921. The molecule has 1 aromatic carbocycles. The zero-order valence-electron chi connectivity index (χ0n) is 19.1. The highest BCUT2D eigenvalue weighted by molar-refractivity contribution is 5.96. The van der Waals surface area contributed by atoms with Gasteiger partial charge in [-0.25, -0.2) is 14.8 Å². The maximum atomic E-state index is 13.2. The molecule has 11 heteroatoms. The summed E-state index contributed by atoms with van der Waals surface area (Å²) in [5.41, 5.74) is 1.64. The van der Waals surface area contributed by atoms with Gasteiger partial charge in [0.15, 0.2) is 5.82 Å². The standard InChI is InChI=1S/C24H27N5O6/c30-20(31)9-8-17(23(33)28-10-12-29(13-11-28)24(34)35)27-22(32)19-14-18(15-6-7-15)25-21(26-19)16-4-2-1-3-5-16/h1-5,14-15,17H,6-13H2,(H,27,32)(H,30,31)(H,34,35)/t17-/m0/s1. The van der Waals surface area contributed by atoms with Crippen LogP contribution >= 0.6 is 0 Å². The lowest BCUT2D eigenvalue weighted by molar-refractivity contribution is -0.138. The first kappa shape index (κ1) is 24.1. The van der Waals surface area contributed by atoms with Crippen molar-refractivity contribution in [3.05, 3.63) is 47.8 Å². The molecule has 11 nitrogen and oxygen atoms in total. The highest BCUT2D eigenvalue weighted by Gasteiger charge is 2.32. The van der Waals surface area contributed by atoms with E-state index in [0.29, 0.717) is 5.82 Å². The van der Waals surface area contributed by atoms with Gasteiger partial charge in [0.25, 0.3) is 5.91 Å². The van der Waals surface area contributed by atoms with Crippen molar-refractivity contribution < 1.29 is 29.4 Å². The van der Waals surface area contributed by atoms with Gasteiger partial charge >= 0.3 is 12.1 Å². The first-order valence-corrected chi connectivity index (χ1v) is 11.6. The first-order valence-electron chi connectivity index (χ1n) is 11.6. The molecule has 184 valence electrons.